The van der Waals surface area contributed by atoms with Crippen LogP contribution in [0.4, 0.5) is 19.0 Å². The van der Waals surface area contributed by atoms with Crippen molar-refractivity contribution in [3.63, 3.8) is 0 Å². The lowest BCUT2D eigenvalue weighted by molar-refractivity contribution is -0.274. The van der Waals surface area contributed by atoms with Gasteiger partial charge in [-0.1, -0.05) is 18.2 Å². The van der Waals surface area contributed by atoms with Gasteiger partial charge in [-0.2, -0.15) is 0 Å². The normalized spacial score (nSPS) is 20.2. The van der Waals surface area contributed by atoms with Gasteiger partial charge in [-0.3, -0.25) is 19.6 Å². The fourth-order valence-corrected chi connectivity index (χ4v) is 5.30. The Hall–Kier alpha value is -3.60. The number of alkyl halides is 3. The first kappa shape index (κ1) is 21.3. The van der Waals surface area contributed by atoms with E-state index in [1.54, 1.807) is 11.3 Å². The number of fused-ring (bicyclic) bond motifs is 1. The molecule has 3 heterocycles. The Morgan fingerprint density at radius 3 is 2.42 bits per heavy atom. The highest BCUT2D eigenvalue weighted by Crippen LogP contribution is 2.46. The van der Waals surface area contributed by atoms with E-state index in [9.17, 15) is 27.6 Å². The summed E-state index contributed by atoms with van der Waals surface area (Å²) in [6.07, 6.45) is -4.11. The maximum Gasteiger partial charge on any atom is 0.573 e. The zero-order chi connectivity index (χ0) is 23.3. The smallest absolute Gasteiger partial charge is 0.406 e. The summed E-state index contributed by atoms with van der Waals surface area (Å²) in [6, 6.07) is 8.89. The standard InChI is InChI=1S/C22H16F3N3O4S/c23-22(24,25)32-12-5-3-10(4-6-12)16-17-13(26-19-18(16)20(30)28-21(31)27-19)8-11(9-14(17)29)15-2-1-7-33-15/h1-7,11,16H,8-9H2,(H3,26,27,28,30,31)/t11-,16+/m0/s1. The number of carbonyl (C=O) groups excluding carboxylic acids is 1. The van der Waals surface area contributed by atoms with Gasteiger partial charge in [0.1, 0.15) is 11.6 Å². The summed E-state index contributed by atoms with van der Waals surface area (Å²) in [5, 5.41) is 4.99. The monoisotopic (exact) mass is 475 g/mol. The molecule has 3 aromatic rings. The summed E-state index contributed by atoms with van der Waals surface area (Å²) in [7, 11) is 0. The van der Waals surface area contributed by atoms with Crippen LogP contribution in [0.5, 0.6) is 5.75 Å². The first-order chi connectivity index (χ1) is 15.7. The van der Waals surface area contributed by atoms with E-state index in [4.69, 9.17) is 0 Å². The van der Waals surface area contributed by atoms with Crippen molar-refractivity contribution < 1.29 is 22.7 Å². The summed E-state index contributed by atoms with van der Waals surface area (Å²) < 4.78 is 41.6. The van der Waals surface area contributed by atoms with Crippen molar-refractivity contribution in [2.45, 2.75) is 31.0 Å². The van der Waals surface area contributed by atoms with Crippen LogP contribution in [0.1, 0.15) is 40.7 Å². The molecule has 0 saturated heterocycles. The zero-order valence-corrected chi connectivity index (χ0v) is 17.6. The molecule has 1 aliphatic carbocycles. The van der Waals surface area contributed by atoms with Gasteiger partial charge in [-0.15, -0.1) is 24.5 Å². The molecule has 33 heavy (non-hydrogen) atoms. The Bertz CT molecular complexity index is 1370. The second kappa shape index (κ2) is 7.77. The highest BCUT2D eigenvalue weighted by molar-refractivity contribution is 7.10. The van der Waals surface area contributed by atoms with Crippen molar-refractivity contribution in [3.8, 4) is 5.75 Å². The summed E-state index contributed by atoms with van der Waals surface area (Å²) in [5.41, 5.74) is 0.124. The third kappa shape index (κ3) is 3.99. The molecule has 0 fully saturated rings. The predicted molar refractivity (Wildman–Crippen MR) is 115 cm³/mol. The number of H-pyrrole nitrogens is 2. The van der Waals surface area contributed by atoms with Crippen molar-refractivity contribution in [2.75, 3.05) is 5.32 Å². The minimum absolute atomic E-state index is 0.0535. The van der Waals surface area contributed by atoms with Crippen molar-refractivity contribution in [2.24, 2.45) is 0 Å². The number of allylic oxidation sites excluding steroid dienone is 2. The topological polar surface area (TPSA) is 104 Å². The van der Waals surface area contributed by atoms with Gasteiger partial charge in [-0.05, 0) is 35.6 Å². The lowest BCUT2D eigenvalue weighted by Gasteiger charge is -2.35. The molecule has 1 aromatic carbocycles. The minimum Gasteiger partial charge on any atom is -0.406 e. The molecule has 2 aliphatic rings. The second-order valence-electron chi connectivity index (χ2n) is 7.81. The van der Waals surface area contributed by atoms with Gasteiger partial charge in [0.2, 0.25) is 0 Å². The fourth-order valence-electron chi connectivity index (χ4n) is 4.47. The number of aromatic amines is 2. The van der Waals surface area contributed by atoms with Crippen LogP contribution in [0.2, 0.25) is 0 Å². The number of halogens is 3. The van der Waals surface area contributed by atoms with E-state index in [0.29, 0.717) is 23.3 Å². The average molecular weight is 475 g/mol. The van der Waals surface area contributed by atoms with E-state index >= 15 is 0 Å². The van der Waals surface area contributed by atoms with Gasteiger partial charge in [0, 0.05) is 34.4 Å². The molecule has 0 spiro atoms. The van der Waals surface area contributed by atoms with Gasteiger partial charge in [0.05, 0.1) is 5.56 Å². The van der Waals surface area contributed by atoms with Crippen LogP contribution in [0.25, 0.3) is 0 Å². The summed E-state index contributed by atoms with van der Waals surface area (Å²) in [4.78, 5) is 43.7. The zero-order valence-electron chi connectivity index (χ0n) is 16.8. The number of carbonyl (C=O) groups is 1. The fraction of sp³-hybridized carbons (Fsp3) is 0.227. The number of hydrogen-bond donors (Lipinski definition) is 3. The quantitative estimate of drug-likeness (QED) is 0.532. The maximum atomic E-state index is 13.3. The van der Waals surface area contributed by atoms with Crippen LogP contribution in [0.15, 0.2) is 62.6 Å². The first-order valence-electron chi connectivity index (χ1n) is 9.98. The number of aromatic nitrogens is 2. The van der Waals surface area contributed by atoms with E-state index in [2.05, 4.69) is 20.0 Å². The van der Waals surface area contributed by atoms with Crippen LogP contribution in [-0.2, 0) is 4.79 Å². The van der Waals surface area contributed by atoms with E-state index in [-0.39, 0.29) is 29.5 Å². The van der Waals surface area contributed by atoms with Crippen LogP contribution in [0.3, 0.4) is 0 Å². The highest BCUT2D eigenvalue weighted by atomic mass is 32.1. The molecular formula is C22H16F3N3O4S. The summed E-state index contributed by atoms with van der Waals surface area (Å²) in [5.74, 6) is -1.32. The Balaban J connectivity index is 1.62. The maximum absolute atomic E-state index is 13.3. The Labute approximate surface area is 187 Å². The van der Waals surface area contributed by atoms with E-state index < -0.39 is 29.3 Å². The molecule has 0 bridgehead atoms. The number of ketones is 1. The molecule has 11 heteroatoms. The SMILES string of the molecule is O=C1C[C@@H](c2cccs2)CC2=C1[C@@H](c1ccc(OC(F)(F)F)cc1)c1c([nH]c(=O)[nH]c1=O)N2. The summed E-state index contributed by atoms with van der Waals surface area (Å²) in [6.45, 7) is 0. The lowest BCUT2D eigenvalue weighted by Crippen LogP contribution is -2.37. The van der Waals surface area contributed by atoms with E-state index in [1.165, 1.54) is 12.1 Å². The number of rotatable bonds is 3. The lowest BCUT2D eigenvalue weighted by atomic mass is 9.73. The van der Waals surface area contributed by atoms with Crippen molar-refractivity contribution in [1.82, 2.24) is 9.97 Å². The van der Waals surface area contributed by atoms with E-state index in [0.717, 1.165) is 17.0 Å². The molecule has 170 valence electrons. The summed E-state index contributed by atoms with van der Waals surface area (Å²) >= 11 is 1.54. The van der Waals surface area contributed by atoms with Crippen molar-refractivity contribution >= 4 is 22.9 Å². The van der Waals surface area contributed by atoms with Crippen LogP contribution < -0.4 is 21.3 Å². The molecular weight excluding hydrogens is 459 g/mol. The molecule has 1 aliphatic heterocycles. The number of Topliss-reactive ketones (excluding diaryl/α,β-unsaturated/α-hetero) is 1. The van der Waals surface area contributed by atoms with Gasteiger partial charge in [-0.25, -0.2) is 4.79 Å². The molecule has 3 N–H and O–H groups in total. The van der Waals surface area contributed by atoms with Gasteiger partial charge in [0.15, 0.2) is 5.78 Å². The largest absolute Gasteiger partial charge is 0.573 e. The molecule has 2 aromatic heterocycles. The van der Waals surface area contributed by atoms with Crippen LogP contribution in [0, 0.1) is 0 Å². The Kier molecular flexibility index (Phi) is 5.00. The minimum atomic E-state index is -4.84. The number of ether oxygens (including phenoxy) is 1. The Morgan fingerprint density at radius 1 is 1.00 bits per heavy atom. The number of thiophene rings is 1. The first-order valence-corrected chi connectivity index (χ1v) is 10.9. The highest BCUT2D eigenvalue weighted by Gasteiger charge is 2.40. The third-order valence-corrected chi connectivity index (χ3v) is 6.77. The Morgan fingerprint density at radius 2 is 1.76 bits per heavy atom. The molecule has 0 saturated carbocycles. The molecule has 0 amide bonds. The predicted octanol–water partition coefficient (Wildman–Crippen LogP) is 3.98. The number of nitrogens with one attached hydrogen (secondary N) is 3. The van der Waals surface area contributed by atoms with Crippen molar-refractivity contribution in [3.05, 3.63) is 89.9 Å². The molecule has 0 radical (unpaired) electrons. The molecule has 5 rings (SSSR count). The number of benzene rings is 1. The van der Waals surface area contributed by atoms with Gasteiger partial charge < -0.3 is 10.1 Å². The van der Waals surface area contributed by atoms with Gasteiger partial charge in [0.25, 0.3) is 5.56 Å². The van der Waals surface area contributed by atoms with E-state index in [1.807, 2.05) is 17.5 Å². The van der Waals surface area contributed by atoms with Crippen LogP contribution >= 0.6 is 11.3 Å². The number of hydrogen-bond acceptors (Lipinski definition) is 6. The molecule has 7 nitrogen and oxygen atoms in total. The molecule has 0 unspecified atom stereocenters. The molecule has 2 atom stereocenters. The average Bonchev–Trinajstić information content (AvgIpc) is 3.26. The van der Waals surface area contributed by atoms with Crippen LogP contribution in [-0.4, -0.2) is 22.1 Å². The second-order valence-corrected chi connectivity index (χ2v) is 8.79. The number of anilines is 1. The van der Waals surface area contributed by atoms with Gasteiger partial charge >= 0.3 is 12.1 Å². The van der Waals surface area contributed by atoms with Crippen molar-refractivity contribution in [1.29, 1.82) is 0 Å². The third-order valence-electron chi connectivity index (χ3n) is 5.73.